The lowest BCUT2D eigenvalue weighted by molar-refractivity contribution is -0.0477. The molecule has 1 fully saturated rings. The Morgan fingerprint density at radius 3 is 3.00 bits per heavy atom. The Balaban J connectivity index is 1.97. The van der Waals surface area contributed by atoms with Crippen molar-refractivity contribution in [2.75, 3.05) is 6.61 Å². The van der Waals surface area contributed by atoms with Gasteiger partial charge in [-0.05, 0) is 18.9 Å². The lowest BCUT2D eigenvalue weighted by Gasteiger charge is -2.24. The van der Waals surface area contributed by atoms with Gasteiger partial charge in [0.25, 0.3) is 0 Å². The second kappa shape index (κ2) is 4.12. The average Bonchev–Trinajstić information content (AvgIpc) is 1.84. The molecular weight excluding hydrogens is 128 g/mol. The van der Waals surface area contributed by atoms with E-state index in [1.165, 1.54) is 12.7 Å². The maximum Gasteiger partial charge on any atom is 0.0862 e. The standard InChI is InChI=1S/C8H12O2/c1-2-9-6-3-4-8-5-7-10-8/h2-3,6,8H,1,4-5,7H2. The van der Waals surface area contributed by atoms with Crippen LogP contribution in [-0.2, 0) is 9.47 Å². The van der Waals surface area contributed by atoms with Crippen molar-refractivity contribution in [3.05, 3.63) is 25.2 Å². The molecule has 0 N–H and O–H groups in total. The van der Waals surface area contributed by atoms with E-state index in [4.69, 9.17) is 9.47 Å². The minimum atomic E-state index is 0.435. The Morgan fingerprint density at radius 1 is 1.70 bits per heavy atom. The fraction of sp³-hybridized carbons (Fsp3) is 0.500. The van der Waals surface area contributed by atoms with Gasteiger partial charge in [0.15, 0.2) is 0 Å². The zero-order chi connectivity index (χ0) is 7.23. The molecular formula is C8H12O2. The quantitative estimate of drug-likeness (QED) is 0.555. The summed E-state index contributed by atoms with van der Waals surface area (Å²) in [5.41, 5.74) is 0. The minimum absolute atomic E-state index is 0.435. The van der Waals surface area contributed by atoms with Crippen LogP contribution in [0.4, 0.5) is 0 Å². The summed E-state index contributed by atoms with van der Waals surface area (Å²) in [5.74, 6) is 0. The molecule has 1 heterocycles. The van der Waals surface area contributed by atoms with Crippen molar-refractivity contribution < 1.29 is 9.47 Å². The van der Waals surface area contributed by atoms with Crippen LogP contribution >= 0.6 is 0 Å². The van der Waals surface area contributed by atoms with Crippen LogP contribution in [0.2, 0.25) is 0 Å². The molecule has 0 saturated carbocycles. The molecule has 10 heavy (non-hydrogen) atoms. The highest BCUT2D eigenvalue weighted by atomic mass is 16.5. The largest absolute Gasteiger partial charge is 0.474 e. The van der Waals surface area contributed by atoms with Crippen molar-refractivity contribution in [2.24, 2.45) is 0 Å². The summed E-state index contributed by atoms with van der Waals surface area (Å²) in [6.07, 6.45) is 7.55. The fourth-order valence-corrected chi connectivity index (χ4v) is 0.789. The summed E-state index contributed by atoms with van der Waals surface area (Å²) in [5, 5.41) is 0. The van der Waals surface area contributed by atoms with Crippen LogP contribution in [0, 0.1) is 0 Å². The second-order valence-corrected chi connectivity index (χ2v) is 2.19. The number of rotatable bonds is 4. The molecule has 1 aliphatic heterocycles. The van der Waals surface area contributed by atoms with Gasteiger partial charge < -0.3 is 9.47 Å². The van der Waals surface area contributed by atoms with Crippen LogP contribution in [0.5, 0.6) is 0 Å². The van der Waals surface area contributed by atoms with E-state index in [1.54, 1.807) is 6.26 Å². The fourth-order valence-electron chi connectivity index (χ4n) is 0.789. The summed E-state index contributed by atoms with van der Waals surface area (Å²) >= 11 is 0. The van der Waals surface area contributed by atoms with Crippen LogP contribution in [0.3, 0.4) is 0 Å². The summed E-state index contributed by atoms with van der Waals surface area (Å²) in [7, 11) is 0. The van der Waals surface area contributed by atoms with E-state index in [-0.39, 0.29) is 0 Å². The molecule has 2 heteroatoms. The minimum Gasteiger partial charge on any atom is -0.474 e. The summed E-state index contributed by atoms with van der Waals surface area (Å²) in [6.45, 7) is 4.32. The van der Waals surface area contributed by atoms with Gasteiger partial charge in [-0.15, -0.1) is 0 Å². The first-order valence-electron chi connectivity index (χ1n) is 3.46. The van der Waals surface area contributed by atoms with Gasteiger partial charge in [-0.1, -0.05) is 6.58 Å². The van der Waals surface area contributed by atoms with Crippen molar-refractivity contribution in [3.8, 4) is 0 Å². The first-order chi connectivity index (χ1) is 4.93. The third kappa shape index (κ3) is 2.23. The molecule has 2 nitrogen and oxygen atoms in total. The van der Waals surface area contributed by atoms with E-state index in [0.29, 0.717) is 6.10 Å². The zero-order valence-electron chi connectivity index (χ0n) is 5.95. The maximum absolute atomic E-state index is 5.18. The molecule has 1 aliphatic rings. The van der Waals surface area contributed by atoms with Crippen LogP contribution in [0.25, 0.3) is 0 Å². The molecule has 1 unspecified atom stereocenters. The number of ether oxygens (including phenoxy) is 2. The van der Waals surface area contributed by atoms with Gasteiger partial charge in [-0.2, -0.15) is 0 Å². The van der Waals surface area contributed by atoms with E-state index in [1.807, 2.05) is 6.08 Å². The number of hydrogen-bond donors (Lipinski definition) is 0. The SMILES string of the molecule is C=COC=CCC1CCO1. The summed E-state index contributed by atoms with van der Waals surface area (Å²) in [6, 6.07) is 0. The van der Waals surface area contributed by atoms with E-state index in [2.05, 4.69) is 6.58 Å². The second-order valence-electron chi connectivity index (χ2n) is 2.19. The first-order valence-corrected chi connectivity index (χ1v) is 3.46. The maximum atomic E-state index is 5.18. The lowest BCUT2D eigenvalue weighted by Crippen LogP contribution is -2.25. The highest BCUT2D eigenvalue weighted by Crippen LogP contribution is 2.14. The van der Waals surface area contributed by atoms with E-state index in [0.717, 1.165) is 13.0 Å². The highest BCUT2D eigenvalue weighted by molar-refractivity contribution is 4.82. The Hall–Kier alpha value is -0.760. The van der Waals surface area contributed by atoms with E-state index >= 15 is 0 Å². The Kier molecular flexibility index (Phi) is 3.03. The van der Waals surface area contributed by atoms with Crippen molar-refractivity contribution in [2.45, 2.75) is 18.9 Å². The molecule has 0 aromatic carbocycles. The predicted molar refractivity (Wildman–Crippen MR) is 39.4 cm³/mol. The summed E-state index contributed by atoms with van der Waals surface area (Å²) < 4.78 is 9.96. The predicted octanol–water partition coefficient (Wildman–Crippen LogP) is 1.84. The van der Waals surface area contributed by atoms with Crippen molar-refractivity contribution in [1.82, 2.24) is 0 Å². The van der Waals surface area contributed by atoms with Gasteiger partial charge in [0.2, 0.25) is 0 Å². The molecule has 0 radical (unpaired) electrons. The van der Waals surface area contributed by atoms with Crippen molar-refractivity contribution in [3.63, 3.8) is 0 Å². The molecule has 1 saturated heterocycles. The molecule has 0 bridgehead atoms. The van der Waals surface area contributed by atoms with Crippen LogP contribution in [0.15, 0.2) is 25.2 Å². The molecule has 1 atom stereocenters. The molecule has 1 rings (SSSR count). The lowest BCUT2D eigenvalue weighted by atomic mass is 10.1. The van der Waals surface area contributed by atoms with Crippen molar-refractivity contribution >= 4 is 0 Å². The average molecular weight is 140 g/mol. The normalized spacial score (nSPS) is 24.2. The monoisotopic (exact) mass is 140 g/mol. The number of hydrogen-bond acceptors (Lipinski definition) is 2. The van der Waals surface area contributed by atoms with Crippen LogP contribution < -0.4 is 0 Å². The molecule has 0 aliphatic carbocycles. The van der Waals surface area contributed by atoms with Gasteiger partial charge in [0.05, 0.1) is 18.6 Å². The van der Waals surface area contributed by atoms with Crippen LogP contribution in [0.1, 0.15) is 12.8 Å². The van der Waals surface area contributed by atoms with Gasteiger partial charge in [0, 0.05) is 6.61 Å². The third-order valence-corrected chi connectivity index (χ3v) is 1.46. The third-order valence-electron chi connectivity index (χ3n) is 1.46. The van der Waals surface area contributed by atoms with E-state index in [9.17, 15) is 0 Å². The van der Waals surface area contributed by atoms with Gasteiger partial charge >= 0.3 is 0 Å². The molecule has 56 valence electrons. The molecule has 0 aromatic heterocycles. The van der Waals surface area contributed by atoms with E-state index < -0.39 is 0 Å². The highest BCUT2D eigenvalue weighted by Gasteiger charge is 2.15. The van der Waals surface area contributed by atoms with Gasteiger partial charge in [0.1, 0.15) is 0 Å². The topological polar surface area (TPSA) is 18.5 Å². The molecule has 0 aromatic rings. The molecule has 0 spiro atoms. The Labute approximate surface area is 61.1 Å². The van der Waals surface area contributed by atoms with Crippen LogP contribution in [-0.4, -0.2) is 12.7 Å². The smallest absolute Gasteiger partial charge is 0.0862 e. The Morgan fingerprint density at radius 2 is 2.50 bits per heavy atom. The first kappa shape index (κ1) is 7.35. The van der Waals surface area contributed by atoms with Gasteiger partial charge in [-0.25, -0.2) is 0 Å². The zero-order valence-corrected chi connectivity index (χ0v) is 5.95. The molecule has 0 amide bonds. The van der Waals surface area contributed by atoms with Crippen molar-refractivity contribution in [1.29, 1.82) is 0 Å². The Bertz CT molecular complexity index is 125. The van der Waals surface area contributed by atoms with Gasteiger partial charge in [-0.3, -0.25) is 0 Å². The summed E-state index contributed by atoms with van der Waals surface area (Å²) in [4.78, 5) is 0.